The molecular formula is C61H120N4O4. The molecule has 0 aromatic heterocycles. The van der Waals surface area contributed by atoms with Crippen molar-refractivity contribution in [3.8, 4) is 0 Å². The molecule has 2 aliphatic rings. The lowest BCUT2D eigenvalue weighted by Crippen LogP contribution is -2.47. The first-order chi connectivity index (χ1) is 33.8. The third kappa shape index (κ3) is 35.6. The Morgan fingerprint density at radius 3 is 0.913 bits per heavy atom. The number of hydrogen-bond donors (Lipinski definition) is 0. The second-order valence-corrected chi connectivity index (χ2v) is 22.6. The van der Waals surface area contributed by atoms with E-state index in [1.807, 2.05) is 0 Å². The zero-order chi connectivity index (χ0) is 49.8. The number of esters is 2. The zero-order valence-corrected chi connectivity index (χ0v) is 47.4. The number of nitrogens with zero attached hydrogens (tertiary/aromatic N) is 4. The predicted octanol–water partition coefficient (Wildman–Crippen LogP) is 16.1. The van der Waals surface area contributed by atoms with Crippen LogP contribution in [0.1, 0.15) is 291 Å². The summed E-state index contributed by atoms with van der Waals surface area (Å²) < 4.78 is 12.3. The number of piperazine rings is 1. The van der Waals surface area contributed by atoms with E-state index in [1.165, 1.54) is 225 Å². The highest BCUT2D eigenvalue weighted by molar-refractivity contribution is 5.70. The molecule has 0 saturated carbocycles. The second-order valence-electron chi connectivity index (χ2n) is 22.6. The summed E-state index contributed by atoms with van der Waals surface area (Å²) in [6, 6.07) is 1.37. The maximum absolute atomic E-state index is 13.1. The van der Waals surface area contributed by atoms with Gasteiger partial charge in [-0.15, -0.1) is 0 Å². The average Bonchev–Trinajstić information content (AvgIpc) is 3.94. The number of fused-ring (bicyclic) bond motifs is 2. The summed E-state index contributed by atoms with van der Waals surface area (Å²) in [5.74, 6) is 0.0160. The highest BCUT2D eigenvalue weighted by atomic mass is 16.5. The average molecular weight is 974 g/mol. The molecule has 0 aliphatic carbocycles. The van der Waals surface area contributed by atoms with Gasteiger partial charge in [0.2, 0.25) is 0 Å². The summed E-state index contributed by atoms with van der Waals surface area (Å²) in [7, 11) is 4.36. The molecule has 8 heteroatoms. The molecule has 8 nitrogen and oxygen atoms in total. The summed E-state index contributed by atoms with van der Waals surface area (Å²) in [6.07, 6.45) is 51.3. The van der Waals surface area contributed by atoms with E-state index in [0.717, 1.165) is 77.8 Å². The van der Waals surface area contributed by atoms with Crippen LogP contribution in [0.25, 0.3) is 0 Å². The number of likely N-dealkylation sites (tertiary alicyclic amines) is 2. The SMILES string of the molecule is CCCCCCCCCCCC(CCCCCCCCC)OC(=O)CCN(C)CCCN1CC2CC1CN2CCCN(C)CCC(=O)OC(CCCCCCCCC)CCCCCCCCCCC. The maximum Gasteiger partial charge on any atom is 0.307 e. The Labute approximate surface area is 430 Å². The summed E-state index contributed by atoms with van der Waals surface area (Å²) in [4.78, 5) is 36.3. The highest BCUT2D eigenvalue weighted by Gasteiger charge is 2.42. The van der Waals surface area contributed by atoms with Gasteiger partial charge in [-0.25, -0.2) is 0 Å². The van der Waals surface area contributed by atoms with Crippen molar-refractivity contribution in [3.63, 3.8) is 0 Å². The molecule has 2 heterocycles. The third-order valence-corrected chi connectivity index (χ3v) is 15.9. The van der Waals surface area contributed by atoms with Crippen LogP contribution in [0.4, 0.5) is 0 Å². The van der Waals surface area contributed by atoms with Crippen LogP contribution in [-0.2, 0) is 19.1 Å². The van der Waals surface area contributed by atoms with Crippen LogP contribution in [0.2, 0.25) is 0 Å². The van der Waals surface area contributed by atoms with E-state index in [-0.39, 0.29) is 24.1 Å². The topological polar surface area (TPSA) is 65.6 Å². The lowest BCUT2D eigenvalue weighted by atomic mass is 10.0. The fourth-order valence-electron chi connectivity index (χ4n) is 11.3. The van der Waals surface area contributed by atoms with E-state index in [9.17, 15) is 9.59 Å². The Hall–Kier alpha value is -1.22. The number of rotatable bonds is 52. The maximum atomic E-state index is 13.1. The van der Waals surface area contributed by atoms with Crippen molar-refractivity contribution in [2.24, 2.45) is 0 Å². The molecule has 0 spiro atoms. The largest absolute Gasteiger partial charge is 0.462 e. The van der Waals surface area contributed by atoms with Gasteiger partial charge in [0.1, 0.15) is 12.2 Å². The Kier molecular flexibility index (Phi) is 42.0. The lowest BCUT2D eigenvalue weighted by Gasteiger charge is -2.34. The molecule has 0 N–H and O–H groups in total. The van der Waals surface area contributed by atoms with E-state index in [4.69, 9.17) is 9.47 Å². The molecule has 408 valence electrons. The fourth-order valence-corrected chi connectivity index (χ4v) is 11.3. The van der Waals surface area contributed by atoms with Gasteiger partial charge in [-0.3, -0.25) is 19.4 Å². The number of carbonyl (C=O) groups excluding carboxylic acids is 2. The Morgan fingerprint density at radius 2 is 0.652 bits per heavy atom. The Morgan fingerprint density at radius 1 is 0.391 bits per heavy atom. The first-order valence-electron chi connectivity index (χ1n) is 31.0. The van der Waals surface area contributed by atoms with Gasteiger partial charge in [-0.05, 0) is 111 Å². The molecule has 0 amide bonds. The molecule has 2 rings (SSSR count). The van der Waals surface area contributed by atoms with Crippen molar-refractivity contribution in [1.82, 2.24) is 19.6 Å². The van der Waals surface area contributed by atoms with Gasteiger partial charge in [0.05, 0.1) is 12.8 Å². The van der Waals surface area contributed by atoms with Gasteiger partial charge in [-0.2, -0.15) is 0 Å². The monoisotopic (exact) mass is 973 g/mol. The van der Waals surface area contributed by atoms with Crippen LogP contribution >= 0.6 is 0 Å². The van der Waals surface area contributed by atoms with E-state index in [0.29, 0.717) is 24.9 Å². The van der Waals surface area contributed by atoms with Crippen LogP contribution in [0.3, 0.4) is 0 Å². The number of ether oxygens (including phenoxy) is 2. The minimum atomic E-state index is 0.00802. The van der Waals surface area contributed by atoms with Crippen molar-refractivity contribution >= 4 is 11.9 Å². The van der Waals surface area contributed by atoms with E-state index < -0.39 is 0 Å². The van der Waals surface area contributed by atoms with Crippen molar-refractivity contribution in [2.45, 2.75) is 315 Å². The van der Waals surface area contributed by atoms with E-state index in [2.05, 4.69) is 61.4 Å². The number of unbranched alkanes of at least 4 members (excludes halogenated alkanes) is 28. The molecule has 2 fully saturated rings. The molecule has 0 radical (unpaired) electrons. The quantitative estimate of drug-likeness (QED) is 0.0441. The smallest absolute Gasteiger partial charge is 0.307 e. The molecular weight excluding hydrogens is 853 g/mol. The molecule has 2 aliphatic heterocycles. The van der Waals surface area contributed by atoms with Crippen molar-refractivity contribution in [2.75, 3.05) is 66.5 Å². The van der Waals surface area contributed by atoms with Crippen molar-refractivity contribution in [3.05, 3.63) is 0 Å². The van der Waals surface area contributed by atoms with Crippen molar-refractivity contribution < 1.29 is 19.1 Å². The first-order valence-corrected chi connectivity index (χ1v) is 31.0. The molecule has 0 aromatic rings. The molecule has 4 atom stereocenters. The minimum Gasteiger partial charge on any atom is -0.462 e. The van der Waals surface area contributed by atoms with E-state index >= 15 is 0 Å². The Bertz CT molecular complexity index is 1070. The third-order valence-electron chi connectivity index (χ3n) is 15.9. The number of carbonyl (C=O) groups is 2. The van der Waals surface area contributed by atoms with Crippen molar-refractivity contribution in [1.29, 1.82) is 0 Å². The van der Waals surface area contributed by atoms with Gasteiger partial charge < -0.3 is 19.3 Å². The minimum absolute atomic E-state index is 0.00802. The molecule has 2 saturated heterocycles. The van der Waals surface area contributed by atoms with Crippen LogP contribution < -0.4 is 0 Å². The Balaban J connectivity index is 1.60. The first kappa shape index (κ1) is 63.9. The van der Waals surface area contributed by atoms with Crippen LogP contribution in [-0.4, -0.2) is 122 Å². The summed E-state index contributed by atoms with van der Waals surface area (Å²) >= 11 is 0. The van der Waals surface area contributed by atoms with Gasteiger partial charge in [0.25, 0.3) is 0 Å². The van der Waals surface area contributed by atoms with Crippen LogP contribution in [0, 0.1) is 0 Å². The normalized spacial score (nSPS) is 17.2. The summed E-state index contributed by atoms with van der Waals surface area (Å²) in [5.41, 5.74) is 0. The standard InChI is InChI=1S/C61H120N4O4/c1-7-11-15-19-23-25-29-33-37-43-58(41-35-31-27-21-17-13-9-3)68-60(66)45-51-62(5)47-39-49-64-54-57-53-56(64)55-65(57)50-40-48-63(6)52-46-61(67)69-59(42-36-32-28-22-18-14-10-4)44-38-34-30-26-24-20-16-12-8-2/h56-59H,7-55H2,1-6H3. The molecule has 69 heavy (non-hydrogen) atoms. The molecule has 0 aromatic carbocycles. The predicted molar refractivity (Wildman–Crippen MR) is 297 cm³/mol. The zero-order valence-electron chi connectivity index (χ0n) is 47.4. The van der Waals surface area contributed by atoms with Gasteiger partial charge in [0, 0.05) is 38.3 Å². The van der Waals surface area contributed by atoms with Gasteiger partial charge >= 0.3 is 11.9 Å². The van der Waals surface area contributed by atoms with Crippen LogP contribution in [0.15, 0.2) is 0 Å². The number of hydrogen-bond acceptors (Lipinski definition) is 8. The van der Waals surface area contributed by atoms with E-state index in [1.54, 1.807) is 0 Å². The summed E-state index contributed by atoms with van der Waals surface area (Å²) in [6.45, 7) is 17.5. The van der Waals surface area contributed by atoms with Crippen LogP contribution in [0.5, 0.6) is 0 Å². The van der Waals surface area contributed by atoms with Gasteiger partial charge in [-0.1, -0.05) is 207 Å². The van der Waals surface area contributed by atoms with Gasteiger partial charge in [0.15, 0.2) is 0 Å². The highest BCUT2D eigenvalue weighted by Crippen LogP contribution is 2.31. The second kappa shape index (κ2) is 45.4. The summed E-state index contributed by atoms with van der Waals surface area (Å²) in [5, 5.41) is 0. The molecule has 4 unspecified atom stereocenters. The fraction of sp³-hybridized carbons (Fsp3) is 0.967. The molecule has 2 bridgehead atoms. The lowest BCUT2D eigenvalue weighted by molar-refractivity contribution is -0.151.